The lowest BCUT2D eigenvalue weighted by Gasteiger charge is -2.34. The Kier molecular flexibility index (Phi) is 4.52. The quantitative estimate of drug-likeness (QED) is 0.791. The van der Waals surface area contributed by atoms with E-state index in [1.165, 1.54) is 4.68 Å². The predicted octanol–water partition coefficient (Wildman–Crippen LogP) is 1.38. The van der Waals surface area contributed by atoms with Gasteiger partial charge in [0.05, 0.1) is 11.9 Å². The average Bonchev–Trinajstić information content (AvgIpc) is 3.07. The van der Waals surface area contributed by atoms with E-state index in [9.17, 15) is 9.59 Å². The Bertz CT molecular complexity index is 616. The summed E-state index contributed by atoms with van der Waals surface area (Å²) < 4.78 is 1.87. The molecule has 0 saturated carbocycles. The Morgan fingerprint density at radius 2 is 1.86 bits per heavy atom. The Morgan fingerprint density at radius 3 is 2.50 bits per heavy atom. The molecule has 3 rings (SSSR count). The molecule has 0 spiro atoms. The van der Waals surface area contributed by atoms with Gasteiger partial charge in [0.1, 0.15) is 4.47 Å². The number of likely N-dealkylation sites (tertiary alicyclic amines) is 1. The molecular weight excluding hydrogens is 348 g/mol. The van der Waals surface area contributed by atoms with Gasteiger partial charge < -0.3 is 9.80 Å². The Hall–Kier alpha value is -1.37. The first-order valence-electron chi connectivity index (χ1n) is 7.83. The summed E-state index contributed by atoms with van der Waals surface area (Å²) in [5.74, 6) is 0.450. The molecule has 22 heavy (non-hydrogen) atoms. The lowest BCUT2D eigenvalue weighted by atomic mass is 9.95. The van der Waals surface area contributed by atoms with Gasteiger partial charge in [0.15, 0.2) is 0 Å². The number of hydrogen-bond acceptors (Lipinski definition) is 4. The highest BCUT2D eigenvalue weighted by molar-refractivity contribution is 9.10. The van der Waals surface area contributed by atoms with E-state index in [4.69, 9.17) is 0 Å². The molecule has 7 heteroatoms. The average molecular weight is 369 g/mol. The number of piperidine rings is 1. The van der Waals surface area contributed by atoms with E-state index < -0.39 is 0 Å². The SMILES string of the molecule is Cn1ncc(N2CCC(C(=O)N3CCCC3)CC2)c(Br)c1=O. The Morgan fingerprint density at radius 1 is 1.23 bits per heavy atom. The first-order chi connectivity index (χ1) is 10.6. The summed E-state index contributed by atoms with van der Waals surface area (Å²) in [5.41, 5.74) is 0.697. The van der Waals surface area contributed by atoms with Gasteiger partial charge in [-0.05, 0) is 41.6 Å². The van der Waals surface area contributed by atoms with Crippen molar-refractivity contribution in [3.05, 3.63) is 21.0 Å². The zero-order valence-electron chi connectivity index (χ0n) is 12.8. The Balaban J connectivity index is 1.65. The molecule has 2 aliphatic rings. The van der Waals surface area contributed by atoms with Crippen LogP contribution in [0.5, 0.6) is 0 Å². The van der Waals surface area contributed by atoms with Crippen molar-refractivity contribution in [3.63, 3.8) is 0 Å². The van der Waals surface area contributed by atoms with Gasteiger partial charge in [-0.2, -0.15) is 5.10 Å². The molecule has 1 aromatic rings. The minimum Gasteiger partial charge on any atom is -0.369 e. The number of hydrogen-bond donors (Lipinski definition) is 0. The molecule has 1 amide bonds. The number of carbonyl (C=O) groups is 1. The second-order valence-electron chi connectivity index (χ2n) is 6.07. The summed E-state index contributed by atoms with van der Waals surface area (Å²) in [5, 5.41) is 4.09. The largest absolute Gasteiger partial charge is 0.369 e. The topological polar surface area (TPSA) is 58.4 Å². The van der Waals surface area contributed by atoms with Crippen molar-refractivity contribution < 1.29 is 4.79 Å². The lowest BCUT2D eigenvalue weighted by Crippen LogP contribution is -2.42. The number of aromatic nitrogens is 2. The van der Waals surface area contributed by atoms with Crippen molar-refractivity contribution in [2.24, 2.45) is 13.0 Å². The van der Waals surface area contributed by atoms with Crippen molar-refractivity contribution in [1.29, 1.82) is 0 Å². The zero-order chi connectivity index (χ0) is 15.7. The molecule has 0 aromatic carbocycles. The monoisotopic (exact) mass is 368 g/mol. The summed E-state index contributed by atoms with van der Waals surface area (Å²) in [6.07, 6.45) is 5.68. The van der Waals surface area contributed by atoms with Gasteiger partial charge in [0.2, 0.25) is 5.91 Å². The van der Waals surface area contributed by atoms with Crippen LogP contribution in [0.1, 0.15) is 25.7 Å². The molecule has 2 saturated heterocycles. The van der Waals surface area contributed by atoms with Gasteiger partial charge in [-0.25, -0.2) is 4.68 Å². The highest BCUT2D eigenvalue weighted by Crippen LogP contribution is 2.28. The highest BCUT2D eigenvalue weighted by Gasteiger charge is 2.30. The van der Waals surface area contributed by atoms with E-state index in [2.05, 4.69) is 25.9 Å². The maximum absolute atomic E-state index is 12.4. The van der Waals surface area contributed by atoms with Gasteiger partial charge >= 0.3 is 0 Å². The summed E-state index contributed by atoms with van der Waals surface area (Å²) in [6, 6.07) is 0. The van der Waals surface area contributed by atoms with Crippen LogP contribution >= 0.6 is 15.9 Å². The Labute approximate surface area is 138 Å². The van der Waals surface area contributed by atoms with E-state index >= 15 is 0 Å². The van der Waals surface area contributed by atoms with Gasteiger partial charge in [0.25, 0.3) is 5.56 Å². The fourth-order valence-corrected chi connectivity index (χ4v) is 3.90. The minimum atomic E-state index is -0.132. The molecule has 0 radical (unpaired) electrons. The molecule has 3 heterocycles. The molecule has 1 aromatic heterocycles. The number of nitrogens with zero attached hydrogens (tertiary/aromatic N) is 4. The minimum absolute atomic E-state index is 0.132. The number of amides is 1. The van der Waals surface area contributed by atoms with Crippen LogP contribution < -0.4 is 10.5 Å². The fraction of sp³-hybridized carbons (Fsp3) is 0.667. The molecule has 0 atom stereocenters. The molecule has 0 aliphatic carbocycles. The highest BCUT2D eigenvalue weighted by atomic mass is 79.9. The number of aryl methyl sites for hydroxylation is 1. The van der Waals surface area contributed by atoms with Crippen LogP contribution in [0.2, 0.25) is 0 Å². The van der Waals surface area contributed by atoms with Crippen molar-refractivity contribution in [3.8, 4) is 0 Å². The summed E-state index contributed by atoms with van der Waals surface area (Å²) in [4.78, 5) is 28.5. The summed E-state index contributed by atoms with van der Waals surface area (Å²) >= 11 is 3.37. The van der Waals surface area contributed by atoms with E-state index in [0.29, 0.717) is 10.4 Å². The predicted molar refractivity (Wildman–Crippen MR) is 87.9 cm³/mol. The maximum atomic E-state index is 12.4. The second kappa shape index (κ2) is 6.40. The molecule has 0 unspecified atom stereocenters. The van der Waals surface area contributed by atoms with E-state index in [1.54, 1.807) is 13.2 Å². The lowest BCUT2D eigenvalue weighted by molar-refractivity contribution is -0.135. The van der Waals surface area contributed by atoms with Crippen LogP contribution in [-0.2, 0) is 11.8 Å². The van der Waals surface area contributed by atoms with Crippen LogP contribution in [0.25, 0.3) is 0 Å². The van der Waals surface area contributed by atoms with Crippen LogP contribution in [-0.4, -0.2) is 46.8 Å². The molecule has 0 N–H and O–H groups in total. The van der Waals surface area contributed by atoms with E-state index in [1.807, 2.05) is 4.90 Å². The fourth-order valence-electron chi connectivity index (χ4n) is 3.29. The number of carbonyl (C=O) groups excluding carboxylic acids is 1. The van der Waals surface area contributed by atoms with Crippen molar-refractivity contribution in [2.45, 2.75) is 25.7 Å². The second-order valence-corrected chi connectivity index (χ2v) is 6.86. The van der Waals surface area contributed by atoms with Gasteiger partial charge in [-0.3, -0.25) is 9.59 Å². The molecular formula is C15H21BrN4O2. The van der Waals surface area contributed by atoms with Crippen LogP contribution in [0.15, 0.2) is 15.5 Å². The van der Waals surface area contributed by atoms with Crippen LogP contribution in [0.3, 0.4) is 0 Å². The third-order valence-corrected chi connectivity index (χ3v) is 5.41. The third kappa shape index (κ3) is 2.91. The van der Waals surface area contributed by atoms with E-state index in [0.717, 1.165) is 57.5 Å². The van der Waals surface area contributed by atoms with Crippen molar-refractivity contribution in [2.75, 3.05) is 31.1 Å². The summed E-state index contributed by atoms with van der Waals surface area (Å²) in [6.45, 7) is 3.42. The number of rotatable bonds is 2. The molecule has 120 valence electrons. The maximum Gasteiger partial charge on any atom is 0.282 e. The third-order valence-electron chi connectivity index (χ3n) is 4.66. The molecule has 0 bridgehead atoms. The van der Waals surface area contributed by atoms with E-state index in [-0.39, 0.29) is 11.5 Å². The van der Waals surface area contributed by atoms with Gasteiger partial charge in [-0.15, -0.1) is 0 Å². The molecule has 2 aliphatic heterocycles. The number of halogens is 1. The first-order valence-corrected chi connectivity index (χ1v) is 8.63. The first kappa shape index (κ1) is 15.5. The number of anilines is 1. The molecule has 2 fully saturated rings. The van der Waals surface area contributed by atoms with Gasteiger partial charge in [-0.1, -0.05) is 0 Å². The molecule has 6 nitrogen and oxygen atoms in total. The van der Waals surface area contributed by atoms with Crippen LogP contribution in [0.4, 0.5) is 5.69 Å². The standard InChI is InChI=1S/C15H21BrN4O2/c1-18-15(22)13(16)12(10-17-18)19-8-4-11(5-9-19)14(21)20-6-2-3-7-20/h10-11H,2-9H2,1H3. The zero-order valence-corrected chi connectivity index (χ0v) is 14.4. The smallest absolute Gasteiger partial charge is 0.282 e. The van der Waals surface area contributed by atoms with Crippen molar-refractivity contribution in [1.82, 2.24) is 14.7 Å². The normalized spacial score (nSPS) is 19.7. The van der Waals surface area contributed by atoms with Crippen LogP contribution in [0, 0.1) is 5.92 Å². The van der Waals surface area contributed by atoms with Gasteiger partial charge in [0, 0.05) is 39.1 Å². The van der Waals surface area contributed by atoms with Crippen molar-refractivity contribution >= 4 is 27.5 Å². The summed E-state index contributed by atoms with van der Waals surface area (Å²) in [7, 11) is 1.64.